The van der Waals surface area contributed by atoms with Crippen LogP contribution in [0.2, 0.25) is 0 Å². The molecule has 0 unspecified atom stereocenters. The number of nitrogens with zero attached hydrogens (tertiary/aromatic N) is 4. The fourth-order valence-corrected chi connectivity index (χ4v) is 1.15. The minimum Gasteiger partial charge on any atom is -0.277 e. The van der Waals surface area contributed by atoms with Crippen LogP contribution in [0.1, 0.15) is 5.82 Å². The Morgan fingerprint density at radius 1 is 1.57 bits per heavy atom. The summed E-state index contributed by atoms with van der Waals surface area (Å²) in [6.45, 7) is 1.59. The summed E-state index contributed by atoms with van der Waals surface area (Å²) in [7, 11) is 0. The number of hydrogen-bond donors (Lipinski definition) is 0. The van der Waals surface area contributed by atoms with E-state index in [2.05, 4.69) is 10.2 Å². The predicted octanol–water partition coefficient (Wildman–Crippen LogP) is 1.09. The van der Waals surface area contributed by atoms with Crippen molar-refractivity contribution >= 4 is 11.3 Å². The van der Waals surface area contributed by atoms with Gasteiger partial charge in [-0.25, -0.2) is 4.39 Å². The van der Waals surface area contributed by atoms with E-state index in [9.17, 15) is 14.5 Å². The van der Waals surface area contributed by atoms with Crippen molar-refractivity contribution in [3.05, 3.63) is 34.0 Å². The average molecular weight is 196 g/mol. The molecule has 7 heteroatoms. The molecule has 0 saturated heterocycles. The van der Waals surface area contributed by atoms with Gasteiger partial charge in [0.2, 0.25) is 0 Å². The largest absolute Gasteiger partial charge is 0.289 e. The first-order chi connectivity index (χ1) is 6.59. The van der Waals surface area contributed by atoms with Crippen molar-refractivity contribution in [3.8, 4) is 0 Å². The molecule has 2 heterocycles. The molecule has 0 amide bonds. The summed E-state index contributed by atoms with van der Waals surface area (Å²) in [6.07, 6.45) is 1.19. The highest BCUT2D eigenvalue weighted by atomic mass is 19.1. The maximum absolute atomic E-state index is 13.2. The second kappa shape index (κ2) is 2.72. The molecule has 0 aliphatic carbocycles. The highest BCUT2D eigenvalue weighted by Crippen LogP contribution is 2.16. The van der Waals surface area contributed by atoms with E-state index in [-0.39, 0.29) is 11.3 Å². The van der Waals surface area contributed by atoms with Crippen molar-refractivity contribution in [1.29, 1.82) is 0 Å². The lowest BCUT2D eigenvalue weighted by atomic mass is 10.4. The summed E-state index contributed by atoms with van der Waals surface area (Å²) in [5.41, 5.74) is -0.328. The number of nitro groups is 1. The number of hydrogen-bond acceptors (Lipinski definition) is 4. The quantitative estimate of drug-likeness (QED) is 0.505. The van der Waals surface area contributed by atoms with Crippen LogP contribution < -0.4 is 0 Å². The van der Waals surface area contributed by atoms with Crippen LogP contribution in [0.15, 0.2) is 12.3 Å². The van der Waals surface area contributed by atoms with E-state index in [1.54, 1.807) is 6.92 Å². The van der Waals surface area contributed by atoms with Crippen LogP contribution >= 0.6 is 0 Å². The van der Waals surface area contributed by atoms with Crippen molar-refractivity contribution in [2.45, 2.75) is 6.92 Å². The van der Waals surface area contributed by atoms with Crippen molar-refractivity contribution in [3.63, 3.8) is 0 Å². The standard InChI is InChI=1S/C7H5FN4O2/c1-4-9-10-7-6(8)2-5(12(13)14)3-11(4)7/h2-3H,1H3. The molecule has 6 nitrogen and oxygen atoms in total. The van der Waals surface area contributed by atoms with Gasteiger partial charge in [-0.2, -0.15) is 0 Å². The molecule has 0 bridgehead atoms. The summed E-state index contributed by atoms with van der Waals surface area (Å²) in [4.78, 5) is 9.75. The number of aromatic nitrogens is 3. The third-order valence-corrected chi connectivity index (χ3v) is 1.83. The molecule has 0 aliphatic heterocycles. The molecule has 2 aromatic rings. The Balaban J connectivity index is 2.82. The van der Waals surface area contributed by atoms with E-state index in [1.807, 2.05) is 0 Å². The lowest BCUT2D eigenvalue weighted by Crippen LogP contribution is -1.96. The monoisotopic (exact) mass is 196 g/mol. The van der Waals surface area contributed by atoms with Crippen molar-refractivity contribution < 1.29 is 9.31 Å². The number of rotatable bonds is 1. The normalized spacial score (nSPS) is 10.7. The zero-order valence-electron chi connectivity index (χ0n) is 7.14. The maximum Gasteiger partial charge on any atom is 0.289 e. The molecule has 2 aromatic heterocycles. The van der Waals surface area contributed by atoms with Gasteiger partial charge in [0.15, 0.2) is 11.5 Å². The molecule has 14 heavy (non-hydrogen) atoms. The van der Waals surface area contributed by atoms with E-state index in [4.69, 9.17) is 0 Å². The molecule has 0 aliphatic rings. The molecule has 0 spiro atoms. The van der Waals surface area contributed by atoms with Crippen LogP contribution in [0.4, 0.5) is 10.1 Å². The predicted molar refractivity (Wildman–Crippen MR) is 44.3 cm³/mol. The Labute approximate surface area is 77.1 Å². The third kappa shape index (κ3) is 1.10. The van der Waals surface area contributed by atoms with Crippen LogP contribution in [0, 0.1) is 22.9 Å². The number of aryl methyl sites for hydroxylation is 1. The average Bonchev–Trinajstić information content (AvgIpc) is 2.48. The summed E-state index contributed by atoms with van der Waals surface area (Å²) >= 11 is 0. The van der Waals surface area contributed by atoms with Crippen LogP contribution in [-0.2, 0) is 0 Å². The Kier molecular flexibility index (Phi) is 1.66. The maximum atomic E-state index is 13.2. The highest BCUT2D eigenvalue weighted by Gasteiger charge is 2.14. The zero-order chi connectivity index (χ0) is 10.3. The number of fused-ring (bicyclic) bond motifs is 1. The molecular formula is C7H5FN4O2. The van der Waals surface area contributed by atoms with Crippen LogP contribution in [0.3, 0.4) is 0 Å². The molecule has 2 rings (SSSR count). The van der Waals surface area contributed by atoms with Gasteiger partial charge in [-0.15, -0.1) is 10.2 Å². The summed E-state index contributed by atoms with van der Waals surface area (Å²) < 4.78 is 14.4. The Hall–Kier alpha value is -2.05. The van der Waals surface area contributed by atoms with Crippen molar-refractivity contribution in [2.75, 3.05) is 0 Å². The van der Waals surface area contributed by atoms with Crippen LogP contribution in [0.5, 0.6) is 0 Å². The topological polar surface area (TPSA) is 73.3 Å². The van der Waals surface area contributed by atoms with Crippen LogP contribution in [0.25, 0.3) is 5.65 Å². The second-order valence-corrected chi connectivity index (χ2v) is 2.74. The van der Waals surface area contributed by atoms with E-state index in [0.29, 0.717) is 5.82 Å². The van der Waals surface area contributed by atoms with Gasteiger partial charge in [-0.1, -0.05) is 0 Å². The lowest BCUT2D eigenvalue weighted by molar-refractivity contribution is -0.385. The molecule has 72 valence electrons. The molecule has 0 radical (unpaired) electrons. The summed E-state index contributed by atoms with van der Waals surface area (Å²) in [6, 6.07) is 0.823. The smallest absolute Gasteiger partial charge is 0.277 e. The fraction of sp³-hybridized carbons (Fsp3) is 0.143. The van der Waals surface area contributed by atoms with Crippen molar-refractivity contribution in [1.82, 2.24) is 14.6 Å². The second-order valence-electron chi connectivity index (χ2n) is 2.74. The first-order valence-corrected chi connectivity index (χ1v) is 3.75. The minimum atomic E-state index is -0.750. The first-order valence-electron chi connectivity index (χ1n) is 3.75. The molecule has 0 aromatic carbocycles. The molecular weight excluding hydrogens is 191 g/mol. The van der Waals surface area contributed by atoms with Crippen molar-refractivity contribution in [2.24, 2.45) is 0 Å². The highest BCUT2D eigenvalue weighted by molar-refractivity contribution is 5.45. The van der Waals surface area contributed by atoms with Gasteiger partial charge in [-0.05, 0) is 6.92 Å². The SMILES string of the molecule is Cc1nnc2c(F)cc([N+](=O)[O-])cn12. The Bertz CT molecular complexity index is 522. The van der Waals surface area contributed by atoms with Gasteiger partial charge in [0.1, 0.15) is 5.82 Å². The Morgan fingerprint density at radius 3 is 2.93 bits per heavy atom. The lowest BCUT2D eigenvalue weighted by Gasteiger charge is -1.96. The van der Waals surface area contributed by atoms with Gasteiger partial charge in [-0.3, -0.25) is 14.5 Å². The molecule has 0 fully saturated rings. The zero-order valence-corrected chi connectivity index (χ0v) is 7.14. The van der Waals surface area contributed by atoms with Gasteiger partial charge in [0.05, 0.1) is 17.2 Å². The third-order valence-electron chi connectivity index (χ3n) is 1.83. The van der Waals surface area contributed by atoms with E-state index in [0.717, 1.165) is 6.07 Å². The minimum absolute atomic E-state index is 0.00639. The molecule has 0 saturated carbocycles. The van der Waals surface area contributed by atoms with Gasteiger partial charge < -0.3 is 0 Å². The summed E-state index contributed by atoms with van der Waals surface area (Å²) in [5.74, 6) is -0.345. The fourth-order valence-electron chi connectivity index (χ4n) is 1.15. The van der Waals surface area contributed by atoms with Crippen LogP contribution in [-0.4, -0.2) is 19.5 Å². The van der Waals surface area contributed by atoms with Gasteiger partial charge in [0, 0.05) is 0 Å². The van der Waals surface area contributed by atoms with Gasteiger partial charge in [0.25, 0.3) is 5.69 Å². The van der Waals surface area contributed by atoms with E-state index < -0.39 is 10.7 Å². The number of pyridine rings is 1. The number of halogens is 1. The molecule has 0 atom stereocenters. The Morgan fingerprint density at radius 2 is 2.29 bits per heavy atom. The first kappa shape index (κ1) is 8.54. The summed E-state index contributed by atoms with van der Waals surface area (Å²) in [5, 5.41) is 17.6. The van der Waals surface area contributed by atoms with Gasteiger partial charge >= 0.3 is 0 Å². The van der Waals surface area contributed by atoms with E-state index >= 15 is 0 Å². The molecule has 0 N–H and O–H groups in total. The van der Waals surface area contributed by atoms with E-state index in [1.165, 1.54) is 10.6 Å².